The van der Waals surface area contributed by atoms with Crippen LogP contribution in [0.2, 0.25) is 0 Å². The van der Waals surface area contributed by atoms with Crippen LogP contribution in [0.25, 0.3) is 100 Å². The predicted molar refractivity (Wildman–Crippen MR) is 271 cm³/mol. The topological polar surface area (TPSA) is 12.9 Å². The first-order valence-electron chi connectivity index (χ1n) is 22.5. The van der Waals surface area contributed by atoms with Crippen molar-refractivity contribution in [3.05, 3.63) is 271 Å². The van der Waals surface area contributed by atoms with Gasteiger partial charge in [0.25, 0.3) is 0 Å². The molecule has 0 radical (unpaired) electrons. The molecule has 0 amide bonds. The highest BCUT2D eigenvalue weighted by atomic mass is 14.7. The van der Waals surface area contributed by atoms with Crippen LogP contribution in [0.1, 0.15) is 22.3 Å². The van der Waals surface area contributed by atoms with Crippen molar-refractivity contribution < 1.29 is 0 Å². The van der Waals surface area contributed by atoms with Gasteiger partial charge in [0.2, 0.25) is 0 Å². The Hall–Kier alpha value is -8.39. The zero-order valence-corrected chi connectivity index (χ0v) is 35.6. The Bertz CT molecular complexity index is 3470. The van der Waals surface area contributed by atoms with Crippen LogP contribution in [0.3, 0.4) is 0 Å². The lowest BCUT2D eigenvalue weighted by molar-refractivity contribution is 0.801. The third-order valence-electron chi connectivity index (χ3n) is 13.9. The van der Waals surface area contributed by atoms with Crippen molar-refractivity contribution in [2.75, 3.05) is 0 Å². The maximum absolute atomic E-state index is 5.37. The minimum Gasteiger partial charge on any atom is -0.248 e. The Balaban J connectivity index is 1.00. The average molecular weight is 824 g/mol. The molecule has 2 aliphatic rings. The first kappa shape index (κ1) is 37.2. The summed E-state index contributed by atoms with van der Waals surface area (Å²) >= 11 is 0. The molecule has 0 aliphatic heterocycles. The van der Waals surface area contributed by atoms with Gasteiger partial charge < -0.3 is 0 Å². The van der Waals surface area contributed by atoms with E-state index in [1.54, 1.807) is 0 Å². The van der Waals surface area contributed by atoms with Crippen LogP contribution in [0, 0.1) is 0 Å². The lowest BCUT2D eigenvalue weighted by Crippen LogP contribution is -2.26. The molecule has 0 saturated carbocycles. The predicted octanol–water partition coefficient (Wildman–Crippen LogP) is 16.6. The highest BCUT2D eigenvalue weighted by Gasteiger charge is 2.53. The zero-order valence-electron chi connectivity index (χ0n) is 35.6. The number of aromatic nitrogens is 1. The van der Waals surface area contributed by atoms with Gasteiger partial charge in [-0.2, -0.15) is 0 Å². The molecular weight excluding hydrogens is 783 g/mol. The van der Waals surface area contributed by atoms with Gasteiger partial charge in [0, 0.05) is 11.1 Å². The fourth-order valence-electron chi connectivity index (χ4n) is 11.0. The van der Waals surface area contributed by atoms with E-state index in [1.165, 1.54) is 88.7 Å². The lowest BCUT2D eigenvalue weighted by atomic mass is 9.69. The highest BCUT2D eigenvalue weighted by molar-refractivity contribution is 6.09. The zero-order chi connectivity index (χ0) is 42.9. The van der Waals surface area contributed by atoms with Gasteiger partial charge in [-0.25, -0.2) is 4.98 Å². The van der Waals surface area contributed by atoms with E-state index < -0.39 is 5.41 Å². The first-order valence-corrected chi connectivity index (χ1v) is 22.5. The number of hydrogen-bond acceptors (Lipinski definition) is 1. The normalized spacial score (nSPS) is 12.7. The Kier molecular flexibility index (Phi) is 8.51. The standard InChI is InChI=1S/C64H41N/c1-3-16-42(17-4-1)44-30-34-46(35-31-44)60-40-51(41-61(65-60)47-36-32-45(33-37-47)43-18-5-2-6-19-43)48-21-15-22-49(38-48)56-39-50-20-7-8-23-52(50)63-62(56)55-26-11-14-29-59(55)64(63)57-27-12-9-24-53(57)54-25-10-13-28-58(54)64/h1-41H. The summed E-state index contributed by atoms with van der Waals surface area (Å²) in [5, 5.41) is 2.54. The van der Waals surface area contributed by atoms with Crippen molar-refractivity contribution in [1.29, 1.82) is 0 Å². The van der Waals surface area contributed by atoms with Crippen LogP contribution >= 0.6 is 0 Å². The first-order chi connectivity index (χ1) is 32.2. The Labute approximate surface area is 379 Å². The molecule has 1 heterocycles. The van der Waals surface area contributed by atoms with E-state index in [1.807, 2.05) is 0 Å². The van der Waals surface area contributed by atoms with Gasteiger partial charge in [-0.3, -0.25) is 0 Å². The number of rotatable bonds is 6. The molecule has 10 aromatic carbocycles. The molecular formula is C64H41N. The summed E-state index contributed by atoms with van der Waals surface area (Å²) < 4.78 is 0. The molecule has 1 aromatic heterocycles. The highest BCUT2D eigenvalue weighted by Crippen LogP contribution is 2.65. The molecule has 0 N–H and O–H groups in total. The van der Waals surface area contributed by atoms with Crippen molar-refractivity contribution >= 4 is 10.8 Å². The average Bonchev–Trinajstić information content (AvgIpc) is 3.87. The van der Waals surface area contributed by atoms with Gasteiger partial charge in [0.1, 0.15) is 0 Å². The summed E-state index contributed by atoms with van der Waals surface area (Å²) in [4.78, 5) is 5.37. The van der Waals surface area contributed by atoms with E-state index in [9.17, 15) is 0 Å². The molecule has 0 saturated heterocycles. The van der Waals surface area contributed by atoms with Crippen LogP contribution in [-0.4, -0.2) is 4.98 Å². The summed E-state index contributed by atoms with van der Waals surface area (Å²) in [6, 6.07) is 91.3. The van der Waals surface area contributed by atoms with E-state index in [0.29, 0.717) is 0 Å². The van der Waals surface area contributed by atoms with Crippen molar-refractivity contribution in [3.8, 4) is 89.3 Å². The van der Waals surface area contributed by atoms with E-state index in [-0.39, 0.29) is 0 Å². The summed E-state index contributed by atoms with van der Waals surface area (Å²) in [7, 11) is 0. The lowest BCUT2D eigenvalue weighted by Gasteiger charge is -2.31. The molecule has 13 rings (SSSR count). The molecule has 1 nitrogen and oxygen atoms in total. The van der Waals surface area contributed by atoms with E-state index in [2.05, 4.69) is 249 Å². The maximum Gasteiger partial charge on any atom is 0.0731 e. The SMILES string of the molecule is c1ccc(-c2ccc(-c3cc(-c4cccc(-c5cc6ccccc6c6c5-c5ccccc5C65c6ccccc6-c6ccccc65)c4)cc(-c4ccc(-c5ccccc5)cc4)n3)cc2)cc1. The summed E-state index contributed by atoms with van der Waals surface area (Å²) in [6.45, 7) is 0. The molecule has 2 aliphatic carbocycles. The number of benzene rings is 10. The molecule has 0 unspecified atom stereocenters. The van der Waals surface area contributed by atoms with Crippen molar-refractivity contribution in [2.45, 2.75) is 5.41 Å². The molecule has 11 aromatic rings. The van der Waals surface area contributed by atoms with Crippen LogP contribution in [0.5, 0.6) is 0 Å². The Morgan fingerprint density at radius 2 is 0.692 bits per heavy atom. The van der Waals surface area contributed by atoms with Crippen LogP contribution in [-0.2, 0) is 5.41 Å². The number of fused-ring (bicyclic) bond motifs is 12. The van der Waals surface area contributed by atoms with Crippen molar-refractivity contribution in [3.63, 3.8) is 0 Å². The van der Waals surface area contributed by atoms with Crippen LogP contribution in [0.15, 0.2) is 249 Å². The molecule has 65 heavy (non-hydrogen) atoms. The monoisotopic (exact) mass is 823 g/mol. The summed E-state index contributed by atoms with van der Waals surface area (Å²) in [5.74, 6) is 0. The quantitative estimate of drug-likeness (QED) is 0.163. The molecule has 1 spiro atoms. The largest absolute Gasteiger partial charge is 0.248 e. The van der Waals surface area contributed by atoms with Crippen molar-refractivity contribution in [1.82, 2.24) is 4.98 Å². The maximum atomic E-state index is 5.37. The van der Waals surface area contributed by atoms with Gasteiger partial charge in [-0.05, 0) is 124 Å². The smallest absolute Gasteiger partial charge is 0.0731 e. The molecule has 1 heteroatoms. The second kappa shape index (κ2) is 14.9. The van der Waals surface area contributed by atoms with Gasteiger partial charge in [0.15, 0.2) is 0 Å². The third-order valence-corrected chi connectivity index (χ3v) is 13.9. The summed E-state index contributed by atoms with van der Waals surface area (Å²) in [6.07, 6.45) is 0. The van der Waals surface area contributed by atoms with Gasteiger partial charge in [0.05, 0.1) is 16.8 Å². The number of pyridine rings is 1. The Morgan fingerprint density at radius 3 is 1.28 bits per heavy atom. The minimum atomic E-state index is -0.451. The molecule has 0 atom stereocenters. The molecule has 302 valence electrons. The van der Waals surface area contributed by atoms with Gasteiger partial charge in [-0.15, -0.1) is 0 Å². The van der Waals surface area contributed by atoms with Crippen LogP contribution in [0.4, 0.5) is 0 Å². The fourth-order valence-corrected chi connectivity index (χ4v) is 11.0. The summed E-state index contributed by atoms with van der Waals surface area (Å²) in [5.41, 5.74) is 23.7. The second-order valence-corrected chi connectivity index (χ2v) is 17.4. The molecule has 0 fully saturated rings. The van der Waals surface area contributed by atoms with Gasteiger partial charge >= 0.3 is 0 Å². The van der Waals surface area contributed by atoms with E-state index in [0.717, 1.165) is 33.6 Å². The minimum absolute atomic E-state index is 0.451. The van der Waals surface area contributed by atoms with E-state index in [4.69, 9.17) is 4.98 Å². The molecule has 0 bridgehead atoms. The van der Waals surface area contributed by atoms with Crippen molar-refractivity contribution in [2.24, 2.45) is 0 Å². The second-order valence-electron chi connectivity index (χ2n) is 17.4. The van der Waals surface area contributed by atoms with Gasteiger partial charge in [-0.1, -0.05) is 224 Å². The van der Waals surface area contributed by atoms with Crippen LogP contribution < -0.4 is 0 Å². The fraction of sp³-hybridized carbons (Fsp3) is 0.0156. The third kappa shape index (κ3) is 5.83. The number of nitrogens with zero attached hydrogens (tertiary/aromatic N) is 1. The Morgan fingerprint density at radius 1 is 0.262 bits per heavy atom. The van der Waals surface area contributed by atoms with E-state index >= 15 is 0 Å². The number of hydrogen-bond donors (Lipinski definition) is 0.